The van der Waals surface area contributed by atoms with Crippen molar-refractivity contribution >= 4 is 17.7 Å². The SMILES string of the molecule is [C-]#[N+]c1ccc(C[C@H](NC(=O)OC(C)(C)C)C(=O)OC)cc1F. The molecule has 1 atom stereocenters. The highest BCUT2D eigenvalue weighted by molar-refractivity contribution is 5.81. The van der Waals surface area contributed by atoms with E-state index in [1.54, 1.807) is 20.8 Å². The first kappa shape index (κ1) is 18.4. The number of benzene rings is 1. The van der Waals surface area contributed by atoms with Crippen LogP contribution in [0.25, 0.3) is 4.85 Å². The van der Waals surface area contributed by atoms with Crippen LogP contribution in [-0.2, 0) is 20.7 Å². The van der Waals surface area contributed by atoms with Crippen LogP contribution in [0, 0.1) is 12.4 Å². The van der Waals surface area contributed by atoms with E-state index in [1.165, 1.54) is 19.2 Å². The Balaban J connectivity index is 2.87. The highest BCUT2D eigenvalue weighted by Crippen LogP contribution is 2.19. The van der Waals surface area contributed by atoms with Gasteiger partial charge >= 0.3 is 12.1 Å². The molecule has 7 heteroatoms. The maximum absolute atomic E-state index is 13.6. The molecule has 0 radical (unpaired) electrons. The fourth-order valence-electron chi connectivity index (χ4n) is 1.79. The first-order chi connectivity index (χ1) is 10.7. The van der Waals surface area contributed by atoms with Crippen LogP contribution >= 0.6 is 0 Å². The number of amides is 1. The lowest BCUT2D eigenvalue weighted by atomic mass is 10.1. The van der Waals surface area contributed by atoms with Gasteiger partial charge in [0.1, 0.15) is 17.5 Å². The molecule has 1 amide bonds. The normalized spacial score (nSPS) is 12.0. The largest absolute Gasteiger partial charge is 0.467 e. The van der Waals surface area contributed by atoms with Crippen LogP contribution in [0.5, 0.6) is 0 Å². The minimum absolute atomic E-state index is 0.0150. The molecule has 0 aromatic heterocycles. The molecule has 0 aliphatic heterocycles. The van der Waals surface area contributed by atoms with Crippen molar-refractivity contribution in [2.45, 2.75) is 38.8 Å². The van der Waals surface area contributed by atoms with E-state index in [4.69, 9.17) is 11.3 Å². The predicted molar refractivity (Wildman–Crippen MR) is 81.5 cm³/mol. The van der Waals surface area contributed by atoms with E-state index in [2.05, 4.69) is 14.9 Å². The molecule has 0 fully saturated rings. The average molecular weight is 322 g/mol. The number of alkyl carbamates (subject to hydrolysis) is 1. The number of hydrogen-bond donors (Lipinski definition) is 1. The summed E-state index contributed by atoms with van der Waals surface area (Å²) in [5, 5.41) is 2.40. The highest BCUT2D eigenvalue weighted by atomic mass is 19.1. The Morgan fingerprint density at radius 1 is 1.39 bits per heavy atom. The molecule has 0 aliphatic carbocycles. The van der Waals surface area contributed by atoms with Crippen molar-refractivity contribution in [3.63, 3.8) is 0 Å². The standard InChI is InChI=1S/C16H19FN2O4/c1-16(2,3)23-15(21)19-13(14(20)22-5)9-10-6-7-12(18-4)11(17)8-10/h6-8,13H,9H2,1-3,5H3,(H,19,21)/t13-/m0/s1. The third-order valence-electron chi connectivity index (χ3n) is 2.75. The minimum atomic E-state index is -1.02. The van der Waals surface area contributed by atoms with Gasteiger partial charge in [0.2, 0.25) is 5.69 Å². The smallest absolute Gasteiger partial charge is 0.408 e. The van der Waals surface area contributed by atoms with Gasteiger partial charge in [0.05, 0.1) is 13.7 Å². The second-order valence-corrected chi connectivity index (χ2v) is 5.82. The number of carbonyl (C=O) groups is 2. The molecule has 23 heavy (non-hydrogen) atoms. The zero-order valence-electron chi connectivity index (χ0n) is 13.5. The van der Waals surface area contributed by atoms with E-state index in [9.17, 15) is 14.0 Å². The lowest BCUT2D eigenvalue weighted by Crippen LogP contribution is -2.45. The van der Waals surface area contributed by atoms with Crippen LogP contribution in [0.3, 0.4) is 0 Å². The molecule has 0 saturated heterocycles. The number of nitrogens with one attached hydrogen (secondary N) is 1. The lowest BCUT2D eigenvalue weighted by molar-refractivity contribution is -0.143. The van der Waals surface area contributed by atoms with E-state index in [0.29, 0.717) is 5.56 Å². The molecule has 0 bridgehead atoms. The summed E-state index contributed by atoms with van der Waals surface area (Å²) >= 11 is 0. The Labute approximate surface area is 134 Å². The molecule has 0 saturated carbocycles. The topological polar surface area (TPSA) is 69.0 Å². The summed E-state index contributed by atoms with van der Waals surface area (Å²) < 4.78 is 23.4. The molecule has 0 unspecified atom stereocenters. The monoisotopic (exact) mass is 322 g/mol. The number of halogens is 1. The maximum Gasteiger partial charge on any atom is 0.408 e. The number of ether oxygens (including phenoxy) is 2. The zero-order chi connectivity index (χ0) is 17.6. The molecule has 0 heterocycles. The molecule has 0 aliphatic rings. The van der Waals surface area contributed by atoms with Gasteiger partial charge in [0.15, 0.2) is 0 Å². The Bertz CT molecular complexity index is 632. The Morgan fingerprint density at radius 2 is 2.04 bits per heavy atom. The Hall–Kier alpha value is -2.62. The van der Waals surface area contributed by atoms with Crippen molar-refractivity contribution in [1.29, 1.82) is 0 Å². The number of rotatable bonds is 4. The summed E-state index contributed by atoms with van der Waals surface area (Å²) in [5.74, 6) is -1.36. The van der Waals surface area contributed by atoms with Gasteiger partial charge in [-0.1, -0.05) is 12.1 Å². The lowest BCUT2D eigenvalue weighted by Gasteiger charge is -2.22. The summed E-state index contributed by atoms with van der Waals surface area (Å²) in [6.45, 7) is 11.9. The number of hydrogen-bond acceptors (Lipinski definition) is 4. The average Bonchev–Trinajstić information content (AvgIpc) is 2.44. The van der Waals surface area contributed by atoms with Crippen LogP contribution in [0.15, 0.2) is 18.2 Å². The van der Waals surface area contributed by atoms with Gasteiger partial charge in [-0.15, -0.1) is 0 Å². The van der Waals surface area contributed by atoms with E-state index in [0.717, 1.165) is 6.07 Å². The first-order valence-corrected chi connectivity index (χ1v) is 6.89. The van der Waals surface area contributed by atoms with E-state index < -0.39 is 29.5 Å². The minimum Gasteiger partial charge on any atom is -0.467 e. The number of nitrogens with zero attached hydrogens (tertiary/aromatic N) is 1. The first-order valence-electron chi connectivity index (χ1n) is 6.89. The molecule has 0 spiro atoms. The van der Waals surface area contributed by atoms with E-state index >= 15 is 0 Å². The van der Waals surface area contributed by atoms with Gasteiger partial charge in [-0.2, -0.15) is 0 Å². The van der Waals surface area contributed by atoms with E-state index in [1.807, 2.05) is 0 Å². The van der Waals surface area contributed by atoms with Gasteiger partial charge in [-0.3, -0.25) is 0 Å². The summed E-state index contributed by atoms with van der Waals surface area (Å²) in [6.07, 6.45) is -0.757. The fourth-order valence-corrected chi connectivity index (χ4v) is 1.79. The fraction of sp³-hybridized carbons (Fsp3) is 0.438. The van der Waals surface area contributed by atoms with Gasteiger partial charge in [-0.25, -0.2) is 18.8 Å². The van der Waals surface area contributed by atoms with Crippen LogP contribution in [0.1, 0.15) is 26.3 Å². The van der Waals surface area contributed by atoms with Crippen LogP contribution in [-0.4, -0.2) is 30.8 Å². The second-order valence-electron chi connectivity index (χ2n) is 5.82. The van der Waals surface area contributed by atoms with Gasteiger partial charge in [-0.05, 0) is 32.4 Å². The summed E-state index contributed by atoms with van der Waals surface area (Å²) in [4.78, 5) is 26.6. The van der Waals surface area contributed by atoms with Gasteiger partial charge in [0, 0.05) is 6.42 Å². The summed E-state index contributed by atoms with van der Waals surface area (Å²) in [7, 11) is 1.19. The van der Waals surface area contributed by atoms with Crippen molar-refractivity contribution in [2.75, 3.05) is 7.11 Å². The molecule has 6 nitrogen and oxygen atoms in total. The predicted octanol–water partition coefficient (Wildman–Crippen LogP) is 2.99. The molecule has 1 N–H and O–H groups in total. The van der Waals surface area contributed by atoms with Crippen LogP contribution in [0.2, 0.25) is 0 Å². The number of methoxy groups -OCH3 is 1. The van der Waals surface area contributed by atoms with E-state index in [-0.39, 0.29) is 12.1 Å². The molecule has 1 aromatic rings. The molecule has 1 aromatic carbocycles. The summed E-state index contributed by atoms with van der Waals surface area (Å²) in [6, 6.07) is 2.97. The maximum atomic E-state index is 13.6. The number of carbonyl (C=O) groups excluding carboxylic acids is 2. The Morgan fingerprint density at radius 3 is 2.52 bits per heavy atom. The molecule has 124 valence electrons. The van der Waals surface area contributed by atoms with Crippen molar-refractivity contribution in [3.8, 4) is 0 Å². The quantitative estimate of drug-likeness (QED) is 0.683. The molecular formula is C16H19FN2O4. The number of esters is 1. The Kier molecular flexibility index (Phi) is 6.08. The van der Waals surface area contributed by atoms with Crippen molar-refractivity contribution in [1.82, 2.24) is 5.32 Å². The van der Waals surface area contributed by atoms with Crippen LogP contribution < -0.4 is 5.32 Å². The van der Waals surface area contributed by atoms with Gasteiger partial charge < -0.3 is 14.8 Å². The van der Waals surface area contributed by atoms with Gasteiger partial charge in [0.25, 0.3) is 0 Å². The zero-order valence-corrected chi connectivity index (χ0v) is 13.5. The molecule has 1 rings (SSSR count). The van der Waals surface area contributed by atoms with Crippen LogP contribution in [0.4, 0.5) is 14.9 Å². The second kappa shape index (κ2) is 7.58. The third kappa shape index (κ3) is 5.94. The highest BCUT2D eigenvalue weighted by Gasteiger charge is 2.25. The molecular weight excluding hydrogens is 303 g/mol. The summed E-state index contributed by atoms with van der Waals surface area (Å²) in [5.41, 5.74) is -0.376. The van der Waals surface area contributed by atoms with Crippen molar-refractivity contribution < 1.29 is 23.5 Å². The van der Waals surface area contributed by atoms with Crippen molar-refractivity contribution in [3.05, 3.63) is 41.0 Å². The third-order valence-corrected chi connectivity index (χ3v) is 2.75. The van der Waals surface area contributed by atoms with Crippen molar-refractivity contribution in [2.24, 2.45) is 0 Å².